The number of nitrogens with one attached hydrogen (secondary N) is 2. The molecule has 2 N–H and O–H groups in total. The van der Waals surface area contributed by atoms with Crippen LogP contribution in [0.3, 0.4) is 0 Å². The van der Waals surface area contributed by atoms with Crippen molar-refractivity contribution in [2.45, 2.75) is 25.3 Å². The van der Waals surface area contributed by atoms with Gasteiger partial charge in [-0.25, -0.2) is 17.5 Å². The molecular weight excluding hydrogens is 321 g/mol. The SMILES string of the molecule is CS(=O)(=O)NC1CCN(CCC(=O)Nc2cccc(F)c2)CC1. The molecule has 1 amide bonds. The molecule has 1 aliphatic heterocycles. The van der Waals surface area contributed by atoms with Crippen LogP contribution in [0.4, 0.5) is 10.1 Å². The number of anilines is 1. The summed E-state index contributed by atoms with van der Waals surface area (Å²) in [5.74, 6) is -0.546. The molecule has 0 atom stereocenters. The molecule has 2 rings (SSSR count). The summed E-state index contributed by atoms with van der Waals surface area (Å²) in [4.78, 5) is 14.0. The van der Waals surface area contributed by atoms with E-state index in [9.17, 15) is 17.6 Å². The van der Waals surface area contributed by atoms with Gasteiger partial charge in [-0.3, -0.25) is 4.79 Å². The van der Waals surface area contributed by atoms with Crippen LogP contribution in [0.25, 0.3) is 0 Å². The molecule has 1 aromatic carbocycles. The van der Waals surface area contributed by atoms with E-state index >= 15 is 0 Å². The van der Waals surface area contributed by atoms with Crippen molar-refractivity contribution < 1.29 is 17.6 Å². The van der Waals surface area contributed by atoms with Crippen LogP contribution in [0.1, 0.15) is 19.3 Å². The van der Waals surface area contributed by atoms with Crippen LogP contribution in [0.2, 0.25) is 0 Å². The quantitative estimate of drug-likeness (QED) is 0.813. The highest BCUT2D eigenvalue weighted by molar-refractivity contribution is 7.88. The molecule has 0 radical (unpaired) electrons. The Hall–Kier alpha value is -1.51. The Morgan fingerprint density at radius 3 is 2.65 bits per heavy atom. The van der Waals surface area contributed by atoms with Crippen LogP contribution in [-0.4, -0.2) is 51.2 Å². The van der Waals surface area contributed by atoms with Crippen LogP contribution in [-0.2, 0) is 14.8 Å². The van der Waals surface area contributed by atoms with E-state index in [0.717, 1.165) is 32.2 Å². The van der Waals surface area contributed by atoms with Crippen molar-refractivity contribution in [3.05, 3.63) is 30.1 Å². The highest BCUT2D eigenvalue weighted by Gasteiger charge is 2.21. The number of carbonyl (C=O) groups is 1. The minimum atomic E-state index is -3.17. The van der Waals surface area contributed by atoms with E-state index in [-0.39, 0.29) is 17.8 Å². The molecule has 0 bridgehead atoms. The lowest BCUT2D eigenvalue weighted by Gasteiger charge is -2.31. The summed E-state index contributed by atoms with van der Waals surface area (Å²) in [5, 5.41) is 2.66. The lowest BCUT2D eigenvalue weighted by molar-refractivity contribution is -0.116. The molecule has 0 aromatic heterocycles. The minimum absolute atomic E-state index is 0.0256. The number of halogens is 1. The van der Waals surface area contributed by atoms with Gasteiger partial charge in [-0.05, 0) is 44.1 Å². The number of sulfonamides is 1. The fraction of sp³-hybridized carbons (Fsp3) is 0.533. The van der Waals surface area contributed by atoms with Gasteiger partial charge in [-0.15, -0.1) is 0 Å². The van der Waals surface area contributed by atoms with Gasteiger partial charge in [0.15, 0.2) is 0 Å². The summed E-state index contributed by atoms with van der Waals surface area (Å²) in [5.41, 5.74) is 0.450. The number of hydrogen-bond acceptors (Lipinski definition) is 4. The number of benzene rings is 1. The molecule has 1 aromatic rings. The van der Waals surface area contributed by atoms with Crippen LogP contribution in [0, 0.1) is 5.82 Å². The number of nitrogens with zero attached hydrogens (tertiary/aromatic N) is 1. The molecule has 8 heteroatoms. The molecule has 1 fully saturated rings. The number of rotatable bonds is 6. The Morgan fingerprint density at radius 1 is 1.35 bits per heavy atom. The van der Waals surface area contributed by atoms with Gasteiger partial charge in [0.25, 0.3) is 0 Å². The first-order chi connectivity index (χ1) is 10.8. The second-order valence-electron chi connectivity index (χ2n) is 5.81. The van der Waals surface area contributed by atoms with Gasteiger partial charge in [0.05, 0.1) is 6.26 Å². The van der Waals surface area contributed by atoms with E-state index in [4.69, 9.17) is 0 Å². The summed E-state index contributed by atoms with van der Waals surface area (Å²) >= 11 is 0. The third kappa shape index (κ3) is 6.64. The number of piperidine rings is 1. The third-order valence-corrected chi connectivity index (χ3v) is 4.49. The van der Waals surface area contributed by atoms with Crippen molar-refractivity contribution in [1.29, 1.82) is 0 Å². The van der Waals surface area contributed by atoms with Crippen LogP contribution in [0.5, 0.6) is 0 Å². The van der Waals surface area contributed by atoms with Crippen molar-refractivity contribution in [3.63, 3.8) is 0 Å². The summed E-state index contributed by atoms with van der Waals surface area (Å²) in [7, 11) is -3.17. The van der Waals surface area contributed by atoms with Crippen molar-refractivity contribution in [3.8, 4) is 0 Å². The topological polar surface area (TPSA) is 78.5 Å². The molecule has 128 valence electrons. The normalized spacial score (nSPS) is 17.1. The minimum Gasteiger partial charge on any atom is -0.326 e. The monoisotopic (exact) mass is 343 g/mol. The Balaban J connectivity index is 1.70. The zero-order chi connectivity index (χ0) is 16.9. The van der Waals surface area contributed by atoms with Crippen molar-refractivity contribution in [2.24, 2.45) is 0 Å². The average Bonchev–Trinajstić information content (AvgIpc) is 2.45. The van der Waals surface area contributed by atoms with Gasteiger partial charge in [0.1, 0.15) is 5.82 Å². The summed E-state index contributed by atoms with van der Waals surface area (Å²) in [6, 6.07) is 5.76. The second-order valence-corrected chi connectivity index (χ2v) is 7.59. The molecule has 1 aliphatic rings. The van der Waals surface area contributed by atoms with Crippen molar-refractivity contribution in [2.75, 3.05) is 31.2 Å². The summed E-state index contributed by atoms with van der Waals surface area (Å²) < 4.78 is 38.0. The molecule has 0 unspecified atom stereocenters. The van der Waals surface area contributed by atoms with Crippen molar-refractivity contribution in [1.82, 2.24) is 9.62 Å². The zero-order valence-electron chi connectivity index (χ0n) is 13.1. The third-order valence-electron chi connectivity index (χ3n) is 3.73. The number of likely N-dealkylation sites (tertiary alicyclic amines) is 1. The van der Waals surface area contributed by atoms with E-state index in [1.807, 2.05) is 0 Å². The highest BCUT2D eigenvalue weighted by atomic mass is 32.2. The number of hydrogen-bond donors (Lipinski definition) is 2. The van der Waals surface area contributed by atoms with Gasteiger partial charge in [-0.1, -0.05) is 6.07 Å². The molecule has 0 saturated carbocycles. The first-order valence-electron chi connectivity index (χ1n) is 7.57. The predicted octanol–water partition coefficient (Wildman–Crippen LogP) is 1.17. The van der Waals surface area contributed by atoms with E-state index in [1.54, 1.807) is 12.1 Å². The van der Waals surface area contributed by atoms with Crippen molar-refractivity contribution >= 4 is 21.6 Å². The average molecular weight is 343 g/mol. The van der Waals surface area contributed by atoms with Gasteiger partial charge >= 0.3 is 0 Å². The van der Waals surface area contributed by atoms with Crippen LogP contribution >= 0.6 is 0 Å². The first-order valence-corrected chi connectivity index (χ1v) is 9.46. The standard InChI is InChI=1S/C15H22FN3O3S/c1-23(21,22)18-13-5-8-19(9-6-13)10-7-15(20)17-14-4-2-3-12(16)11-14/h2-4,11,13,18H,5-10H2,1H3,(H,17,20). The number of amides is 1. The lowest BCUT2D eigenvalue weighted by atomic mass is 10.1. The maximum atomic E-state index is 13.0. The maximum absolute atomic E-state index is 13.0. The fourth-order valence-electron chi connectivity index (χ4n) is 2.63. The van der Waals surface area contributed by atoms with Gasteiger partial charge in [-0.2, -0.15) is 0 Å². The molecule has 1 heterocycles. The first kappa shape index (κ1) is 17.8. The van der Waals surface area contributed by atoms with Gasteiger partial charge in [0, 0.05) is 24.7 Å². The second kappa shape index (κ2) is 7.85. The Kier molecular flexibility index (Phi) is 6.09. The number of carbonyl (C=O) groups excluding carboxylic acids is 1. The Bertz CT molecular complexity index is 643. The van der Waals surface area contributed by atoms with E-state index in [0.29, 0.717) is 18.7 Å². The maximum Gasteiger partial charge on any atom is 0.225 e. The molecule has 6 nitrogen and oxygen atoms in total. The molecule has 0 aliphatic carbocycles. The zero-order valence-corrected chi connectivity index (χ0v) is 13.9. The molecule has 1 saturated heterocycles. The molecule has 23 heavy (non-hydrogen) atoms. The Morgan fingerprint density at radius 2 is 2.04 bits per heavy atom. The van der Waals surface area contributed by atoms with E-state index in [1.165, 1.54) is 12.1 Å². The summed E-state index contributed by atoms with van der Waals surface area (Å²) in [6.07, 6.45) is 2.95. The smallest absolute Gasteiger partial charge is 0.225 e. The van der Waals surface area contributed by atoms with E-state index < -0.39 is 10.0 Å². The predicted molar refractivity (Wildman–Crippen MR) is 87.1 cm³/mol. The highest BCUT2D eigenvalue weighted by Crippen LogP contribution is 2.12. The summed E-state index contributed by atoms with van der Waals surface area (Å²) in [6.45, 7) is 2.10. The van der Waals surface area contributed by atoms with Gasteiger partial charge < -0.3 is 10.2 Å². The molecule has 0 spiro atoms. The largest absolute Gasteiger partial charge is 0.326 e. The molecular formula is C15H22FN3O3S. The van der Waals surface area contributed by atoms with E-state index in [2.05, 4.69) is 14.9 Å². The Labute approximate surface area is 136 Å². The fourth-order valence-corrected chi connectivity index (χ4v) is 3.47. The van der Waals surface area contributed by atoms with Crippen LogP contribution < -0.4 is 10.0 Å². The van der Waals surface area contributed by atoms with Crippen LogP contribution in [0.15, 0.2) is 24.3 Å². The van der Waals surface area contributed by atoms with Gasteiger partial charge in [0.2, 0.25) is 15.9 Å². The lowest BCUT2D eigenvalue weighted by Crippen LogP contribution is -2.44.